The van der Waals surface area contributed by atoms with Gasteiger partial charge in [0.05, 0.1) is 0 Å². The summed E-state index contributed by atoms with van der Waals surface area (Å²) in [6.45, 7) is 6.66. The summed E-state index contributed by atoms with van der Waals surface area (Å²) in [5.41, 5.74) is 0. The molecule has 1 atom stereocenters. The lowest BCUT2D eigenvalue weighted by molar-refractivity contribution is -0.167. The van der Waals surface area contributed by atoms with Crippen LogP contribution in [0.3, 0.4) is 0 Å². The number of hydrogen-bond acceptors (Lipinski definition) is 6. The summed E-state index contributed by atoms with van der Waals surface area (Å²) in [4.78, 5) is 38.3. The lowest BCUT2D eigenvalue weighted by Gasteiger charge is -2.18. The summed E-state index contributed by atoms with van der Waals surface area (Å²) in [5.74, 6) is -0.858. The Morgan fingerprint density at radius 3 is 0.747 bits per heavy atom. The van der Waals surface area contributed by atoms with Crippen molar-refractivity contribution >= 4 is 17.9 Å². The van der Waals surface area contributed by atoms with Gasteiger partial charge in [-0.3, -0.25) is 14.4 Å². The maximum Gasteiger partial charge on any atom is 0.306 e. The minimum absolute atomic E-state index is 0.0723. The monoisotopic (exact) mass is 1050 g/mol. The first-order chi connectivity index (χ1) is 37.0. The Bertz CT molecular complexity index is 1300. The van der Waals surface area contributed by atoms with Crippen molar-refractivity contribution in [1.29, 1.82) is 0 Å². The van der Waals surface area contributed by atoms with Gasteiger partial charge in [0.15, 0.2) is 6.10 Å². The first kappa shape index (κ1) is 72.4. The number of ether oxygens (including phenoxy) is 3. The fourth-order valence-corrected chi connectivity index (χ4v) is 9.80. The molecule has 75 heavy (non-hydrogen) atoms. The number of rotatable bonds is 61. The molecule has 0 bridgehead atoms. The molecule has 0 amide bonds. The van der Waals surface area contributed by atoms with E-state index in [2.05, 4.69) is 69.4 Å². The molecule has 0 rings (SSSR count). The van der Waals surface area contributed by atoms with Crippen LogP contribution >= 0.6 is 0 Å². The molecule has 0 heterocycles. The molecular weight excluding hydrogens is 925 g/mol. The van der Waals surface area contributed by atoms with Crippen LogP contribution in [0, 0.1) is 0 Å². The van der Waals surface area contributed by atoms with E-state index in [1.807, 2.05) is 0 Å². The first-order valence-electron chi connectivity index (χ1n) is 33.1. The van der Waals surface area contributed by atoms with Crippen LogP contribution in [0.25, 0.3) is 0 Å². The third-order valence-corrected chi connectivity index (χ3v) is 14.8. The standard InChI is InChI=1S/C69H126O6/c1-4-7-10-13-16-19-22-25-28-30-32-33-34-35-36-37-38-40-41-44-47-50-53-56-59-62-68(71)74-65-66(64-73-67(70)61-58-55-52-49-46-43-27-24-21-18-15-12-9-6-3)75-69(72)63-60-57-54-51-48-45-42-39-31-29-26-23-20-17-14-11-8-5-2/h20,22-23,25,29-32,66H,4-19,21,24,26-28,33-65H2,1-3H3/b23-20-,25-22-,31-29-,32-30-. The van der Waals surface area contributed by atoms with Crippen molar-refractivity contribution in [1.82, 2.24) is 0 Å². The summed E-state index contributed by atoms with van der Waals surface area (Å²) < 4.78 is 17.0. The van der Waals surface area contributed by atoms with Crippen molar-refractivity contribution in [2.45, 2.75) is 361 Å². The molecule has 6 heteroatoms. The second-order valence-electron chi connectivity index (χ2n) is 22.4. The van der Waals surface area contributed by atoms with Gasteiger partial charge in [0, 0.05) is 19.3 Å². The normalized spacial score (nSPS) is 12.3. The molecular formula is C69H126O6. The number of hydrogen-bond donors (Lipinski definition) is 0. The summed E-state index contributed by atoms with van der Waals surface area (Å²) >= 11 is 0. The topological polar surface area (TPSA) is 78.9 Å². The van der Waals surface area contributed by atoms with Crippen LogP contribution in [0.5, 0.6) is 0 Å². The average Bonchev–Trinajstić information content (AvgIpc) is 3.41. The van der Waals surface area contributed by atoms with Gasteiger partial charge in [-0.2, -0.15) is 0 Å². The Balaban J connectivity index is 4.28. The van der Waals surface area contributed by atoms with E-state index in [0.717, 1.165) is 77.0 Å². The molecule has 0 aromatic rings. The zero-order valence-corrected chi connectivity index (χ0v) is 50.3. The van der Waals surface area contributed by atoms with Crippen LogP contribution in [0.1, 0.15) is 355 Å². The molecule has 0 saturated carbocycles. The summed E-state index contributed by atoms with van der Waals surface area (Å²) in [5, 5.41) is 0. The van der Waals surface area contributed by atoms with E-state index >= 15 is 0 Å². The van der Waals surface area contributed by atoms with Crippen molar-refractivity contribution in [3.63, 3.8) is 0 Å². The molecule has 0 aliphatic heterocycles. The molecule has 6 nitrogen and oxygen atoms in total. The molecule has 0 spiro atoms. The van der Waals surface area contributed by atoms with Crippen LogP contribution in [0.2, 0.25) is 0 Å². The van der Waals surface area contributed by atoms with Crippen LogP contribution < -0.4 is 0 Å². The highest BCUT2D eigenvalue weighted by Crippen LogP contribution is 2.17. The second kappa shape index (κ2) is 63.9. The lowest BCUT2D eigenvalue weighted by atomic mass is 10.0. The zero-order valence-electron chi connectivity index (χ0n) is 50.3. The van der Waals surface area contributed by atoms with Crippen molar-refractivity contribution < 1.29 is 28.6 Å². The third-order valence-electron chi connectivity index (χ3n) is 14.8. The third kappa shape index (κ3) is 62.1. The Kier molecular flexibility index (Phi) is 61.7. The lowest BCUT2D eigenvalue weighted by Crippen LogP contribution is -2.30. The van der Waals surface area contributed by atoms with E-state index in [1.165, 1.54) is 238 Å². The van der Waals surface area contributed by atoms with E-state index in [9.17, 15) is 14.4 Å². The predicted molar refractivity (Wildman–Crippen MR) is 325 cm³/mol. The predicted octanol–water partition coefficient (Wildman–Crippen LogP) is 22.6. The number of esters is 3. The molecule has 0 aromatic carbocycles. The molecule has 0 N–H and O–H groups in total. The van der Waals surface area contributed by atoms with Crippen LogP contribution in [-0.4, -0.2) is 37.2 Å². The highest BCUT2D eigenvalue weighted by Gasteiger charge is 2.19. The van der Waals surface area contributed by atoms with Crippen molar-refractivity contribution in [3.05, 3.63) is 48.6 Å². The Morgan fingerprint density at radius 1 is 0.267 bits per heavy atom. The van der Waals surface area contributed by atoms with Gasteiger partial charge in [-0.1, -0.05) is 301 Å². The molecule has 1 unspecified atom stereocenters. The zero-order chi connectivity index (χ0) is 54.3. The quantitative estimate of drug-likeness (QED) is 0.0261. The van der Waals surface area contributed by atoms with Gasteiger partial charge in [-0.15, -0.1) is 0 Å². The molecule has 0 radical (unpaired) electrons. The molecule has 0 saturated heterocycles. The van der Waals surface area contributed by atoms with Crippen molar-refractivity contribution in [2.75, 3.05) is 13.2 Å². The summed E-state index contributed by atoms with van der Waals surface area (Å²) in [7, 11) is 0. The minimum atomic E-state index is -0.776. The maximum absolute atomic E-state index is 12.9. The van der Waals surface area contributed by atoms with Crippen LogP contribution in [0.15, 0.2) is 48.6 Å². The van der Waals surface area contributed by atoms with Crippen molar-refractivity contribution in [2.24, 2.45) is 0 Å². The van der Waals surface area contributed by atoms with Crippen LogP contribution in [0.4, 0.5) is 0 Å². The van der Waals surface area contributed by atoms with Gasteiger partial charge in [-0.05, 0) is 83.5 Å². The largest absolute Gasteiger partial charge is 0.462 e. The van der Waals surface area contributed by atoms with Gasteiger partial charge >= 0.3 is 17.9 Å². The molecule has 0 aromatic heterocycles. The van der Waals surface area contributed by atoms with E-state index < -0.39 is 6.10 Å². The fourth-order valence-electron chi connectivity index (χ4n) is 9.80. The summed E-state index contributed by atoms with van der Waals surface area (Å²) in [6, 6.07) is 0. The highest BCUT2D eigenvalue weighted by atomic mass is 16.6. The van der Waals surface area contributed by atoms with Gasteiger partial charge in [0.25, 0.3) is 0 Å². The number of carbonyl (C=O) groups is 3. The fraction of sp³-hybridized carbons (Fsp3) is 0.841. The van der Waals surface area contributed by atoms with E-state index in [4.69, 9.17) is 14.2 Å². The highest BCUT2D eigenvalue weighted by molar-refractivity contribution is 5.71. The van der Waals surface area contributed by atoms with E-state index in [0.29, 0.717) is 19.3 Å². The smallest absolute Gasteiger partial charge is 0.306 e. The Morgan fingerprint density at radius 2 is 0.480 bits per heavy atom. The van der Waals surface area contributed by atoms with E-state index in [1.54, 1.807) is 0 Å². The Labute approximate surface area is 467 Å². The average molecular weight is 1050 g/mol. The van der Waals surface area contributed by atoms with Crippen LogP contribution in [-0.2, 0) is 28.6 Å². The molecule has 0 aliphatic carbocycles. The van der Waals surface area contributed by atoms with Crippen molar-refractivity contribution in [3.8, 4) is 0 Å². The van der Waals surface area contributed by atoms with Gasteiger partial charge in [0.1, 0.15) is 13.2 Å². The number of unbranched alkanes of at least 4 members (excludes halogenated alkanes) is 42. The SMILES string of the molecule is CCCCCC/C=C\C/C=C\CCCCCCCCCC(=O)OC(COC(=O)CCCCCCCCCCCCCCCC)COC(=O)CCCCCCCCCCCCCCC/C=C\C/C=C\CCCCCCC. The summed E-state index contributed by atoms with van der Waals surface area (Å²) in [6.07, 6.45) is 79.7. The Hall–Kier alpha value is -2.63. The first-order valence-corrected chi connectivity index (χ1v) is 33.1. The molecule has 438 valence electrons. The maximum atomic E-state index is 12.9. The minimum Gasteiger partial charge on any atom is -0.462 e. The van der Waals surface area contributed by atoms with E-state index in [-0.39, 0.29) is 31.1 Å². The van der Waals surface area contributed by atoms with Gasteiger partial charge in [-0.25, -0.2) is 0 Å². The number of allylic oxidation sites excluding steroid dienone is 8. The van der Waals surface area contributed by atoms with Gasteiger partial charge in [0.2, 0.25) is 0 Å². The molecule has 0 fully saturated rings. The molecule has 0 aliphatic rings. The van der Waals surface area contributed by atoms with Gasteiger partial charge < -0.3 is 14.2 Å². The second-order valence-corrected chi connectivity index (χ2v) is 22.4. The number of carbonyl (C=O) groups excluding carboxylic acids is 3.